The molecule has 5 aromatic rings. The summed E-state index contributed by atoms with van der Waals surface area (Å²) in [5.74, 6) is 7.17. The van der Waals surface area contributed by atoms with E-state index in [2.05, 4.69) is 91.6 Å². The van der Waals surface area contributed by atoms with Crippen molar-refractivity contribution in [3.8, 4) is 11.8 Å². The van der Waals surface area contributed by atoms with E-state index in [1.165, 1.54) is 5.69 Å². The van der Waals surface area contributed by atoms with Gasteiger partial charge in [-0.1, -0.05) is 12.0 Å². The first-order valence-electron chi connectivity index (χ1n) is 12.7. The Labute approximate surface area is 216 Å². The van der Waals surface area contributed by atoms with Crippen molar-refractivity contribution in [1.29, 1.82) is 0 Å². The first-order valence-corrected chi connectivity index (χ1v) is 12.7. The molecule has 4 heterocycles. The first kappa shape index (κ1) is 23.1. The number of anilines is 3. The monoisotopic (exact) mass is 490 g/mol. The van der Waals surface area contributed by atoms with Gasteiger partial charge in [0.05, 0.1) is 28.3 Å². The molecule has 8 heteroatoms. The smallest absolute Gasteiger partial charge is 0.230 e. The van der Waals surface area contributed by atoms with E-state index in [1.807, 2.05) is 36.8 Å². The average Bonchev–Trinajstić information content (AvgIpc) is 3.56. The van der Waals surface area contributed by atoms with E-state index >= 15 is 0 Å². The minimum absolute atomic E-state index is 0.293. The SMILES string of the molecule is CC(C)n1cnc2cccc(C#Cc3nc(Nc4ccc(N5CCN(C)CC5)cc4)nc4[nH]ccc34)c21. The lowest BCUT2D eigenvalue weighted by Gasteiger charge is -2.34. The Balaban J connectivity index is 1.30. The van der Waals surface area contributed by atoms with Crippen LogP contribution in [0.3, 0.4) is 0 Å². The molecular formula is C29H30N8. The summed E-state index contributed by atoms with van der Waals surface area (Å²) >= 11 is 0. The van der Waals surface area contributed by atoms with E-state index in [0.717, 1.165) is 59.5 Å². The average molecular weight is 491 g/mol. The number of aromatic amines is 1. The van der Waals surface area contributed by atoms with Gasteiger partial charge in [-0.2, -0.15) is 4.98 Å². The molecule has 1 aliphatic heterocycles. The standard InChI is InChI=1S/C29H30N8/c1-20(2)37-19-31-26-6-4-5-21(27(26)37)7-12-25-24-13-14-30-28(24)34-29(33-25)32-22-8-10-23(11-9-22)36-17-15-35(3)16-18-36/h4-6,8-11,13-14,19-20H,15-18H2,1-3H3,(H2,30,32,33,34). The normalized spacial score (nSPS) is 14.3. The van der Waals surface area contributed by atoms with Crippen LogP contribution in [0.4, 0.5) is 17.3 Å². The van der Waals surface area contributed by atoms with Crippen LogP contribution in [0.15, 0.2) is 61.1 Å². The Kier molecular flexibility index (Phi) is 5.99. The van der Waals surface area contributed by atoms with Gasteiger partial charge in [0, 0.05) is 49.8 Å². The first-order chi connectivity index (χ1) is 18.0. The summed E-state index contributed by atoms with van der Waals surface area (Å²) in [7, 11) is 2.17. The van der Waals surface area contributed by atoms with E-state index < -0.39 is 0 Å². The number of imidazole rings is 1. The number of likely N-dealkylation sites (N-methyl/N-ethyl adjacent to an activating group) is 1. The maximum absolute atomic E-state index is 4.78. The maximum atomic E-state index is 4.78. The molecule has 0 amide bonds. The number of H-pyrrole nitrogens is 1. The molecule has 0 saturated carbocycles. The van der Waals surface area contributed by atoms with E-state index in [9.17, 15) is 0 Å². The van der Waals surface area contributed by atoms with Gasteiger partial charge in [-0.05, 0) is 69.3 Å². The van der Waals surface area contributed by atoms with Crippen LogP contribution in [0.25, 0.3) is 22.1 Å². The Hall–Kier alpha value is -4.35. The van der Waals surface area contributed by atoms with Crippen molar-refractivity contribution in [1.82, 2.24) is 29.4 Å². The van der Waals surface area contributed by atoms with Gasteiger partial charge < -0.3 is 24.7 Å². The predicted molar refractivity (Wildman–Crippen MR) is 149 cm³/mol. The minimum atomic E-state index is 0.293. The summed E-state index contributed by atoms with van der Waals surface area (Å²) in [5.41, 5.74) is 6.52. The van der Waals surface area contributed by atoms with Gasteiger partial charge in [-0.3, -0.25) is 0 Å². The van der Waals surface area contributed by atoms with Crippen LogP contribution < -0.4 is 10.2 Å². The third-order valence-corrected chi connectivity index (χ3v) is 6.87. The van der Waals surface area contributed by atoms with Gasteiger partial charge >= 0.3 is 0 Å². The van der Waals surface area contributed by atoms with Crippen LogP contribution in [0, 0.1) is 11.8 Å². The lowest BCUT2D eigenvalue weighted by molar-refractivity contribution is 0.313. The van der Waals surface area contributed by atoms with Crippen LogP contribution in [0.2, 0.25) is 0 Å². The second-order valence-electron chi connectivity index (χ2n) is 9.77. The summed E-state index contributed by atoms with van der Waals surface area (Å²) in [6.45, 7) is 8.56. The van der Waals surface area contributed by atoms with E-state index in [1.54, 1.807) is 0 Å². The number of nitrogens with one attached hydrogen (secondary N) is 2. The number of nitrogens with zero attached hydrogens (tertiary/aromatic N) is 6. The number of piperazine rings is 1. The van der Waals surface area contributed by atoms with Gasteiger partial charge in [0.2, 0.25) is 5.95 Å². The van der Waals surface area contributed by atoms with Gasteiger partial charge in [0.25, 0.3) is 0 Å². The second-order valence-corrected chi connectivity index (χ2v) is 9.77. The zero-order valence-electron chi connectivity index (χ0n) is 21.4. The van der Waals surface area contributed by atoms with Crippen LogP contribution in [0.5, 0.6) is 0 Å². The zero-order valence-corrected chi connectivity index (χ0v) is 21.4. The summed E-state index contributed by atoms with van der Waals surface area (Å²) in [6.07, 6.45) is 3.75. The quantitative estimate of drug-likeness (QED) is 0.353. The fourth-order valence-electron chi connectivity index (χ4n) is 4.75. The van der Waals surface area contributed by atoms with Crippen LogP contribution in [-0.4, -0.2) is 62.6 Å². The summed E-state index contributed by atoms with van der Waals surface area (Å²) in [4.78, 5) is 22.0. The maximum Gasteiger partial charge on any atom is 0.230 e. The predicted octanol–water partition coefficient (Wildman–Crippen LogP) is 4.78. The largest absolute Gasteiger partial charge is 0.369 e. The molecule has 37 heavy (non-hydrogen) atoms. The highest BCUT2D eigenvalue weighted by Crippen LogP contribution is 2.24. The molecule has 1 fully saturated rings. The van der Waals surface area contributed by atoms with Crippen molar-refractivity contribution in [2.45, 2.75) is 19.9 Å². The van der Waals surface area contributed by atoms with Crippen LogP contribution in [0.1, 0.15) is 31.1 Å². The second kappa shape index (κ2) is 9.60. The molecule has 2 N–H and O–H groups in total. The van der Waals surface area contributed by atoms with Gasteiger partial charge in [0.15, 0.2) is 0 Å². The molecule has 186 valence electrons. The zero-order chi connectivity index (χ0) is 25.4. The van der Waals surface area contributed by atoms with Gasteiger partial charge in [-0.15, -0.1) is 0 Å². The van der Waals surface area contributed by atoms with E-state index in [0.29, 0.717) is 17.7 Å². The van der Waals surface area contributed by atoms with Crippen molar-refractivity contribution in [2.24, 2.45) is 0 Å². The van der Waals surface area contributed by atoms with Crippen molar-refractivity contribution in [3.05, 3.63) is 72.3 Å². The van der Waals surface area contributed by atoms with E-state index in [4.69, 9.17) is 4.98 Å². The van der Waals surface area contributed by atoms with Crippen molar-refractivity contribution >= 4 is 39.4 Å². The summed E-state index contributed by atoms with van der Waals surface area (Å²) in [6, 6.07) is 16.8. The lowest BCUT2D eigenvalue weighted by Crippen LogP contribution is -2.44. The summed E-state index contributed by atoms with van der Waals surface area (Å²) in [5, 5.41) is 4.26. The van der Waals surface area contributed by atoms with E-state index in [-0.39, 0.29) is 0 Å². The highest BCUT2D eigenvalue weighted by Gasteiger charge is 2.14. The molecule has 8 nitrogen and oxygen atoms in total. The molecule has 0 unspecified atom stereocenters. The molecule has 6 rings (SSSR count). The highest BCUT2D eigenvalue weighted by atomic mass is 15.2. The highest BCUT2D eigenvalue weighted by molar-refractivity contribution is 5.85. The number of rotatable bonds is 4. The molecule has 2 aromatic carbocycles. The van der Waals surface area contributed by atoms with Crippen LogP contribution >= 0.6 is 0 Å². The van der Waals surface area contributed by atoms with Crippen molar-refractivity contribution in [3.63, 3.8) is 0 Å². The number of hydrogen-bond donors (Lipinski definition) is 2. The molecular weight excluding hydrogens is 460 g/mol. The Morgan fingerprint density at radius 2 is 1.76 bits per heavy atom. The Morgan fingerprint density at radius 3 is 2.54 bits per heavy atom. The number of fused-ring (bicyclic) bond motifs is 2. The fraction of sp³-hybridized carbons (Fsp3) is 0.276. The molecule has 0 aliphatic carbocycles. The third kappa shape index (κ3) is 4.61. The Morgan fingerprint density at radius 1 is 0.946 bits per heavy atom. The topological polar surface area (TPSA) is 77.9 Å². The molecule has 0 spiro atoms. The fourth-order valence-corrected chi connectivity index (χ4v) is 4.75. The van der Waals surface area contributed by atoms with Gasteiger partial charge in [-0.25, -0.2) is 9.97 Å². The number of benzene rings is 2. The Bertz CT molecular complexity index is 1610. The molecule has 3 aromatic heterocycles. The third-order valence-electron chi connectivity index (χ3n) is 6.87. The number of para-hydroxylation sites is 1. The molecule has 0 radical (unpaired) electrons. The number of hydrogen-bond acceptors (Lipinski definition) is 6. The molecule has 1 aliphatic rings. The number of aromatic nitrogens is 5. The van der Waals surface area contributed by atoms with Crippen molar-refractivity contribution < 1.29 is 0 Å². The lowest BCUT2D eigenvalue weighted by atomic mass is 10.1. The molecule has 0 bridgehead atoms. The minimum Gasteiger partial charge on any atom is -0.369 e. The molecule has 1 saturated heterocycles. The van der Waals surface area contributed by atoms with Crippen molar-refractivity contribution in [2.75, 3.05) is 43.4 Å². The summed E-state index contributed by atoms with van der Waals surface area (Å²) < 4.78 is 2.16. The van der Waals surface area contributed by atoms with Crippen LogP contribution in [-0.2, 0) is 0 Å². The van der Waals surface area contributed by atoms with Gasteiger partial charge in [0.1, 0.15) is 11.3 Å². The molecule has 0 atom stereocenters.